The molecule has 0 spiro atoms. The predicted molar refractivity (Wildman–Crippen MR) is 77.6 cm³/mol. The molecule has 0 radical (unpaired) electrons. The van der Waals surface area contributed by atoms with Crippen molar-refractivity contribution in [1.82, 2.24) is 0 Å². The van der Waals surface area contributed by atoms with Crippen LogP contribution in [0.5, 0.6) is 11.5 Å². The van der Waals surface area contributed by atoms with E-state index in [4.69, 9.17) is 20.4 Å². The number of methoxy groups -OCH3 is 1. The second kappa shape index (κ2) is 7.03. The van der Waals surface area contributed by atoms with Gasteiger partial charge in [-0.25, -0.2) is 0 Å². The molecule has 1 aromatic carbocycles. The lowest BCUT2D eigenvalue weighted by Gasteiger charge is -2.22. The first-order chi connectivity index (χ1) is 9.74. The van der Waals surface area contributed by atoms with Gasteiger partial charge in [0.05, 0.1) is 19.3 Å². The van der Waals surface area contributed by atoms with Gasteiger partial charge in [0, 0.05) is 6.07 Å². The van der Waals surface area contributed by atoms with Crippen molar-refractivity contribution in [2.24, 2.45) is 16.8 Å². The van der Waals surface area contributed by atoms with Crippen LogP contribution in [-0.2, 0) is 0 Å². The maximum Gasteiger partial charge on any atom is 0.173 e. The summed E-state index contributed by atoms with van der Waals surface area (Å²) in [6.07, 6.45) is 6.30. The fourth-order valence-corrected chi connectivity index (χ4v) is 2.58. The average molecular weight is 278 g/mol. The summed E-state index contributed by atoms with van der Waals surface area (Å²) in [6, 6.07) is 5.28. The van der Waals surface area contributed by atoms with Crippen molar-refractivity contribution in [3.63, 3.8) is 0 Å². The van der Waals surface area contributed by atoms with Crippen LogP contribution >= 0.6 is 0 Å². The van der Waals surface area contributed by atoms with E-state index in [1.807, 2.05) is 0 Å². The average Bonchev–Trinajstić information content (AvgIpc) is 2.52. The molecule has 20 heavy (non-hydrogen) atoms. The highest BCUT2D eigenvalue weighted by Crippen LogP contribution is 2.28. The Morgan fingerprint density at radius 2 is 2.10 bits per heavy atom. The standard InChI is InChI=1S/C15H22N2O3/c1-19-12-7-8-13(15(16)17-18)14(9-12)20-10-11-5-3-2-4-6-11/h7-9,11,18H,2-6,10H2,1H3,(H2,16,17). The molecule has 0 saturated heterocycles. The minimum Gasteiger partial charge on any atom is -0.497 e. The molecule has 0 atom stereocenters. The van der Waals surface area contributed by atoms with Gasteiger partial charge in [0.25, 0.3) is 0 Å². The summed E-state index contributed by atoms with van der Waals surface area (Å²) in [4.78, 5) is 0. The first-order valence-corrected chi connectivity index (χ1v) is 7.03. The molecular weight excluding hydrogens is 256 g/mol. The highest BCUT2D eigenvalue weighted by molar-refractivity contribution is 5.99. The number of nitrogens with zero attached hydrogens (tertiary/aromatic N) is 1. The van der Waals surface area contributed by atoms with Gasteiger partial charge in [-0.3, -0.25) is 0 Å². The smallest absolute Gasteiger partial charge is 0.173 e. The highest BCUT2D eigenvalue weighted by Gasteiger charge is 2.16. The van der Waals surface area contributed by atoms with Crippen molar-refractivity contribution in [2.45, 2.75) is 32.1 Å². The molecule has 5 nitrogen and oxygen atoms in total. The van der Waals surface area contributed by atoms with Crippen molar-refractivity contribution in [2.75, 3.05) is 13.7 Å². The first kappa shape index (κ1) is 14.5. The molecule has 1 saturated carbocycles. The SMILES string of the molecule is COc1ccc(/C(N)=N/O)c(OCC2CCCCC2)c1. The van der Waals surface area contributed by atoms with Crippen molar-refractivity contribution in [3.05, 3.63) is 23.8 Å². The van der Waals surface area contributed by atoms with E-state index in [1.165, 1.54) is 32.1 Å². The molecule has 1 aromatic rings. The Morgan fingerprint density at radius 3 is 2.75 bits per heavy atom. The highest BCUT2D eigenvalue weighted by atomic mass is 16.5. The topological polar surface area (TPSA) is 77.1 Å². The van der Waals surface area contributed by atoms with E-state index in [0.29, 0.717) is 29.6 Å². The molecule has 0 unspecified atom stereocenters. The molecule has 0 aliphatic heterocycles. The Morgan fingerprint density at radius 1 is 1.35 bits per heavy atom. The summed E-state index contributed by atoms with van der Waals surface area (Å²) in [7, 11) is 1.60. The third-order valence-electron chi connectivity index (χ3n) is 3.77. The zero-order chi connectivity index (χ0) is 14.4. The summed E-state index contributed by atoms with van der Waals surface area (Å²) in [5.41, 5.74) is 6.26. The number of benzene rings is 1. The number of hydrogen-bond donors (Lipinski definition) is 2. The number of oxime groups is 1. The van der Waals surface area contributed by atoms with Crippen LogP contribution in [0.15, 0.2) is 23.4 Å². The van der Waals surface area contributed by atoms with E-state index < -0.39 is 0 Å². The minimum atomic E-state index is 0.0475. The zero-order valence-electron chi connectivity index (χ0n) is 11.8. The monoisotopic (exact) mass is 278 g/mol. The summed E-state index contributed by atoms with van der Waals surface area (Å²) in [5.74, 6) is 1.93. The van der Waals surface area contributed by atoms with Gasteiger partial charge in [-0.05, 0) is 30.9 Å². The summed E-state index contributed by atoms with van der Waals surface area (Å²) >= 11 is 0. The Labute approximate surface area is 119 Å². The van der Waals surface area contributed by atoms with E-state index in [-0.39, 0.29) is 5.84 Å². The predicted octanol–water partition coefficient (Wildman–Crippen LogP) is 2.75. The van der Waals surface area contributed by atoms with Crippen LogP contribution in [0, 0.1) is 5.92 Å². The third kappa shape index (κ3) is 3.56. The molecule has 5 heteroatoms. The summed E-state index contributed by atoms with van der Waals surface area (Å²) in [5, 5.41) is 11.9. The molecule has 1 aliphatic carbocycles. The van der Waals surface area contributed by atoms with E-state index in [0.717, 1.165) is 0 Å². The Bertz CT molecular complexity index is 468. The molecule has 0 heterocycles. The van der Waals surface area contributed by atoms with Gasteiger partial charge >= 0.3 is 0 Å². The van der Waals surface area contributed by atoms with Gasteiger partial charge in [-0.15, -0.1) is 0 Å². The van der Waals surface area contributed by atoms with Crippen molar-refractivity contribution in [1.29, 1.82) is 0 Å². The number of rotatable bonds is 5. The third-order valence-corrected chi connectivity index (χ3v) is 3.77. The van der Waals surface area contributed by atoms with Crippen LogP contribution in [0.1, 0.15) is 37.7 Å². The van der Waals surface area contributed by atoms with E-state index in [2.05, 4.69) is 5.16 Å². The summed E-state index contributed by atoms with van der Waals surface area (Å²) in [6.45, 7) is 0.666. The van der Waals surface area contributed by atoms with Crippen LogP contribution in [0.2, 0.25) is 0 Å². The van der Waals surface area contributed by atoms with E-state index in [1.54, 1.807) is 25.3 Å². The van der Waals surface area contributed by atoms with Crippen molar-refractivity contribution >= 4 is 5.84 Å². The number of amidine groups is 1. The van der Waals surface area contributed by atoms with Crippen molar-refractivity contribution in [3.8, 4) is 11.5 Å². The van der Waals surface area contributed by atoms with E-state index >= 15 is 0 Å². The van der Waals surface area contributed by atoms with Crippen LogP contribution < -0.4 is 15.2 Å². The molecule has 1 aliphatic rings. The fraction of sp³-hybridized carbons (Fsp3) is 0.533. The lowest BCUT2D eigenvalue weighted by molar-refractivity contribution is 0.208. The molecule has 0 amide bonds. The molecule has 0 aromatic heterocycles. The maximum atomic E-state index is 8.83. The maximum absolute atomic E-state index is 8.83. The molecule has 2 rings (SSSR count). The number of ether oxygens (including phenoxy) is 2. The molecular formula is C15H22N2O3. The molecule has 3 N–H and O–H groups in total. The van der Waals surface area contributed by atoms with Crippen LogP contribution in [0.4, 0.5) is 0 Å². The lowest BCUT2D eigenvalue weighted by atomic mass is 9.90. The van der Waals surface area contributed by atoms with Gasteiger partial charge < -0.3 is 20.4 Å². The number of nitrogens with two attached hydrogens (primary N) is 1. The van der Waals surface area contributed by atoms with Crippen LogP contribution in [0.25, 0.3) is 0 Å². The normalized spacial score (nSPS) is 16.9. The lowest BCUT2D eigenvalue weighted by Crippen LogP contribution is -2.19. The van der Waals surface area contributed by atoms with Gasteiger partial charge in [-0.1, -0.05) is 24.4 Å². The largest absolute Gasteiger partial charge is 0.497 e. The first-order valence-electron chi connectivity index (χ1n) is 7.03. The van der Waals surface area contributed by atoms with E-state index in [9.17, 15) is 0 Å². The molecule has 110 valence electrons. The van der Waals surface area contributed by atoms with Crippen molar-refractivity contribution < 1.29 is 14.7 Å². The fourth-order valence-electron chi connectivity index (χ4n) is 2.58. The Kier molecular flexibility index (Phi) is 5.09. The Hall–Kier alpha value is -1.91. The second-order valence-electron chi connectivity index (χ2n) is 5.16. The quantitative estimate of drug-likeness (QED) is 0.376. The van der Waals surface area contributed by atoms with Gasteiger partial charge in [0.2, 0.25) is 0 Å². The Balaban J connectivity index is 2.10. The molecule has 1 fully saturated rings. The van der Waals surface area contributed by atoms with Gasteiger partial charge in [-0.2, -0.15) is 0 Å². The van der Waals surface area contributed by atoms with Crippen LogP contribution in [0.3, 0.4) is 0 Å². The number of hydrogen-bond acceptors (Lipinski definition) is 4. The second-order valence-corrected chi connectivity index (χ2v) is 5.16. The minimum absolute atomic E-state index is 0.0475. The van der Waals surface area contributed by atoms with Crippen LogP contribution in [-0.4, -0.2) is 24.8 Å². The summed E-state index contributed by atoms with van der Waals surface area (Å²) < 4.78 is 11.1. The zero-order valence-corrected chi connectivity index (χ0v) is 11.8. The van der Waals surface area contributed by atoms with Gasteiger partial charge in [0.1, 0.15) is 11.5 Å². The van der Waals surface area contributed by atoms with Gasteiger partial charge in [0.15, 0.2) is 5.84 Å². The molecule has 0 bridgehead atoms.